The molecule has 0 saturated carbocycles. The van der Waals surface area contributed by atoms with Crippen molar-refractivity contribution in [3.8, 4) is 67.2 Å². The van der Waals surface area contributed by atoms with Crippen LogP contribution in [0.4, 0.5) is 0 Å². The number of furan rings is 1. The van der Waals surface area contributed by atoms with Crippen LogP contribution in [-0.2, 0) is 0 Å². The minimum Gasteiger partial charge on any atom is -0.456 e. The van der Waals surface area contributed by atoms with Gasteiger partial charge in [-0.25, -0.2) is 9.97 Å². The van der Waals surface area contributed by atoms with E-state index in [4.69, 9.17) is 14.4 Å². The molecule has 11 aromatic rings. The maximum absolute atomic E-state index is 6.42. The third kappa shape index (κ3) is 5.50. The molecule has 4 heteroatoms. The van der Waals surface area contributed by atoms with Crippen molar-refractivity contribution in [2.45, 2.75) is 0 Å². The highest BCUT2D eigenvalue weighted by Gasteiger charge is 2.20. The van der Waals surface area contributed by atoms with Crippen LogP contribution in [0.25, 0.3) is 109 Å². The van der Waals surface area contributed by atoms with Gasteiger partial charge in [-0.3, -0.25) is 0 Å². The fourth-order valence-corrected chi connectivity index (χ4v) is 9.17. The van der Waals surface area contributed by atoms with E-state index < -0.39 is 0 Å². The Bertz CT molecular complexity index is 3220. The molecule has 0 unspecified atom stereocenters. The molecular formula is C52H32N2OS. The maximum atomic E-state index is 6.42. The minimum absolute atomic E-state index is 0.715. The Morgan fingerprint density at radius 2 is 0.946 bits per heavy atom. The van der Waals surface area contributed by atoms with E-state index in [0.717, 1.165) is 93.3 Å². The van der Waals surface area contributed by atoms with Crippen LogP contribution in [0, 0.1) is 0 Å². The summed E-state index contributed by atoms with van der Waals surface area (Å²) in [5.41, 5.74) is 14.9. The van der Waals surface area contributed by atoms with Crippen molar-refractivity contribution >= 4 is 53.6 Å². The molecule has 0 aliphatic heterocycles. The summed E-state index contributed by atoms with van der Waals surface area (Å²) in [7, 11) is 0. The van der Waals surface area contributed by atoms with E-state index in [1.165, 1.54) is 10.3 Å². The zero-order chi connectivity index (χ0) is 37.0. The van der Waals surface area contributed by atoms with Crippen molar-refractivity contribution in [1.82, 2.24) is 9.97 Å². The van der Waals surface area contributed by atoms with Crippen LogP contribution in [0.15, 0.2) is 199 Å². The van der Waals surface area contributed by atoms with Crippen LogP contribution in [0.3, 0.4) is 0 Å². The van der Waals surface area contributed by atoms with Gasteiger partial charge in [0.05, 0.1) is 15.9 Å². The highest BCUT2D eigenvalue weighted by atomic mass is 32.1. The van der Waals surface area contributed by atoms with Crippen LogP contribution in [0.5, 0.6) is 0 Å². The zero-order valence-electron chi connectivity index (χ0n) is 30.2. The van der Waals surface area contributed by atoms with E-state index >= 15 is 0 Å². The van der Waals surface area contributed by atoms with Crippen LogP contribution in [-0.4, -0.2) is 9.97 Å². The zero-order valence-corrected chi connectivity index (χ0v) is 31.0. The van der Waals surface area contributed by atoms with Crippen molar-refractivity contribution in [3.05, 3.63) is 194 Å². The average Bonchev–Trinajstić information content (AvgIpc) is 3.85. The van der Waals surface area contributed by atoms with Crippen LogP contribution in [0.2, 0.25) is 0 Å². The normalized spacial score (nSPS) is 11.6. The number of fused-ring (bicyclic) bond motifs is 6. The van der Waals surface area contributed by atoms with Crippen molar-refractivity contribution in [2.75, 3.05) is 0 Å². The lowest BCUT2D eigenvalue weighted by molar-refractivity contribution is 0.669. The molecule has 0 amide bonds. The summed E-state index contributed by atoms with van der Waals surface area (Å²) < 4.78 is 8.74. The van der Waals surface area contributed by atoms with E-state index in [1.807, 2.05) is 18.2 Å². The number of thiophene rings is 1. The molecule has 262 valence electrons. The number of rotatable bonds is 6. The topological polar surface area (TPSA) is 38.9 Å². The Morgan fingerprint density at radius 1 is 0.375 bits per heavy atom. The van der Waals surface area contributed by atoms with Crippen molar-refractivity contribution in [2.24, 2.45) is 0 Å². The SMILES string of the molecule is c1ccc(-c2cc(-c3ccc(-c4nc(-c5ccccc5)c5sc6ccccc6c5n4)cc3)c(-c3ccccc3)c(-c3ccc4c(c3)oc3ccccc34)c2)cc1. The second kappa shape index (κ2) is 13.3. The van der Waals surface area contributed by atoms with Gasteiger partial charge < -0.3 is 4.42 Å². The molecule has 0 saturated heterocycles. The molecule has 11 rings (SSSR count). The maximum Gasteiger partial charge on any atom is 0.160 e. The number of hydrogen-bond donors (Lipinski definition) is 0. The van der Waals surface area contributed by atoms with E-state index in [9.17, 15) is 0 Å². The predicted octanol–water partition coefficient (Wildman–Crippen LogP) is 14.7. The van der Waals surface area contributed by atoms with Crippen molar-refractivity contribution in [1.29, 1.82) is 0 Å². The quantitative estimate of drug-likeness (QED) is 0.171. The van der Waals surface area contributed by atoms with Crippen molar-refractivity contribution < 1.29 is 4.42 Å². The first-order valence-electron chi connectivity index (χ1n) is 18.8. The van der Waals surface area contributed by atoms with Gasteiger partial charge in [0.25, 0.3) is 0 Å². The molecule has 3 aromatic heterocycles. The monoisotopic (exact) mass is 732 g/mol. The number of hydrogen-bond acceptors (Lipinski definition) is 4. The smallest absolute Gasteiger partial charge is 0.160 e. The fourth-order valence-electron chi connectivity index (χ4n) is 8.01. The Kier molecular flexibility index (Phi) is 7.68. The van der Waals surface area contributed by atoms with Crippen LogP contribution in [0.1, 0.15) is 0 Å². The van der Waals surface area contributed by atoms with Gasteiger partial charge in [0.2, 0.25) is 0 Å². The largest absolute Gasteiger partial charge is 0.456 e. The van der Waals surface area contributed by atoms with Crippen LogP contribution < -0.4 is 0 Å². The van der Waals surface area contributed by atoms with Crippen molar-refractivity contribution in [3.63, 3.8) is 0 Å². The number of benzene rings is 8. The van der Waals surface area contributed by atoms with Gasteiger partial charge in [-0.05, 0) is 80.9 Å². The molecule has 0 aliphatic carbocycles. The Hall–Kier alpha value is -7.14. The predicted molar refractivity (Wildman–Crippen MR) is 235 cm³/mol. The molecule has 0 radical (unpaired) electrons. The summed E-state index contributed by atoms with van der Waals surface area (Å²) in [5.74, 6) is 0.715. The summed E-state index contributed by atoms with van der Waals surface area (Å²) >= 11 is 1.76. The molecule has 0 spiro atoms. The molecule has 8 aromatic carbocycles. The Balaban J connectivity index is 1.11. The molecule has 0 fully saturated rings. The molecule has 3 heterocycles. The number of nitrogens with zero attached hydrogens (tertiary/aromatic N) is 2. The summed E-state index contributed by atoms with van der Waals surface area (Å²) in [4.78, 5) is 10.5. The van der Waals surface area contributed by atoms with E-state index in [2.05, 4.69) is 176 Å². The van der Waals surface area contributed by atoms with Crippen LogP contribution >= 0.6 is 11.3 Å². The standard InChI is InChI=1S/C52H32N2OS/c1-4-14-33(15-5-1)39-30-43(48(35-16-6-2-7-17-35)44(31-39)38-28-29-41-40-20-10-12-22-45(40)55-46(41)32-38)34-24-26-37(27-25-34)52-53-49(36-18-8-3-9-19-36)51-50(54-52)42-21-11-13-23-47(42)56-51/h1-32H. The van der Waals surface area contributed by atoms with Gasteiger partial charge in [-0.15, -0.1) is 11.3 Å². The molecule has 56 heavy (non-hydrogen) atoms. The Labute approximate surface area is 327 Å². The summed E-state index contributed by atoms with van der Waals surface area (Å²) in [6, 6.07) is 68.7. The second-order valence-electron chi connectivity index (χ2n) is 14.1. The first kappa shape index (κ1) is 32.3. The first-order valence-corrected chi connectivity index (χ1v) is 19.6. The first-order chi connectivity index (χ1) is 27.7. The Morgan fingerprint density at radius 3 is 1.70 bits per heavy atom. The van der Waals surface area contributed by atoms with Gasteiger partial charge in [0, 0.05) is 32.0 Å². The van der Waals surface area contributed by atoms with Gasteiger partial charge in [0.15, 0.2) is 5.82 Å². The summed E-state index contributed by atoms with van der Waals surface area (Å²) in [6.45, 7) is 0. The highest BCUT2D eigenvalue weighted by Crippen LogP contribution is 2.45. The van der Waals surface area contributed by atoms with E-state index in [1.54, 1.807) is 11.3 Å². The fraction of sp³-hybridized carbons (Fsp3) is 0. The van der Waals surface area contributed by atoms with Gasteiger partial charge >= 0.3 is 0 Å². The third-order valence-electron chi connectivity index (χ3n) is 10.7. The van der Waals surface area contributed by atoms with Gasteiger partial charge in [-0.2, -0.15) is 0 Å². The highest BCUT2D eigenvalue weighted by molar-refractivity contribution is 7.26. The molecule has 3 nitrogen and oxygen atoms in total. The molecule has 0 aliphatic rings. The summed E-state index contributed by atoms with van der Waals surface area (Å²) in [6.07, 6.45) is 0. The second-order valence-corrected chi connectivity index (χ2v) is 15.2. The van der Waals surface area contributed by atoms with E-state index in [0.29, 0.717) is 5.82 Å². The lowest BCUT2D eigenvalue weighted by atomic mass is 9.84. The number of para-hydroxylation sites is 1. The summed E-state index contributed by atoms with van der Waals surface area (Å²) in [5, 5.41) is 3.40. The van der Waals surface area contributed by atoms with Gasteiger partial charge in [0.1, 0.15) is 11.2 Å². The lowest BCUT2D eigenvalue weighted by Gasteiger charge is -2.19. The molecular weight excluding hydrogens is 701 g/mol. The molecule has 0 N–H and O–H groups in total. The number of aromatic nitrogens is 2. The van der Waals surface area contributed by atoms with E-state index in [-0.39, 0.29) is 0 Å². The lowest BCUT2D eigenvalue weighted by Crippen LogP contribution is -1.95. The van der Waals surface area contributed by atoms with Gasteiger partial charge in [-0.1, -0.05) is 158 Å². The average molecular weight is 733 g/mol. The minimum atomic E-state index is 0.715. The molecule has 0 bridgehead atoms. The molecule has 0 atom stereocenters. The third-order valence-corrected chi connectivity index (χ3v) is 11.9.